The molecule has 0 bridgehead atoms. The summed E-state index contributed by atoms with van der Waals surface area (Å²) in [6.45, 7) is 4.53. The summed E-state index contributed by atoms with van der Waals surface area (Å²) in [5.74, 6) is -0.315. The summed E-state index contributed by atoms with van der Waals surface area (Å²) in [5, 5.41) is 3.69. The van der Waals surface area contributed by atoms with Crippen LogP contribution < -0.4 is 0 Å². The summed E-state index contributed by atoms with van der Waals surface area (Å²) >= 11 is 1.84. The van der Waals surface area contributed by atoms with Crippen molar-refractivity contribution in [1.82, 2.24) is 4.90 Å². The standard InChI is InChI=1S/C16H19NO2S/c1-2-5-15-14(4-1)13(11-20-15)10-17-7-3-6-16(12-17)18-8-9-19-16/h1-2,4-5,11H,3,6-10,12H2. The second-order valence-electron chi connectivity index (χ2n) is 5.68. The molecule has 4 rings (SSSR count). The lowest BCUT2D eigenvalue weighted by atomic mass is 10.0. The first kappa shape index (κ1) is 12.8. The van der Waals surface area contributed by atoms with Crippen LogP contribution in [0.25, 0.3) is 10.1 Å². The van der Waals surface area contributed by atoms with Crippen molar-refractivity contribution in [2.24, 2.45) is 0 Å². The minimum absolute atomic E-state index is 0.315. The van der Waals surface area contributed by atoms with Gasteiger partial charge in [-0.05, 0) is 35.4 Å². The van der Waals surface area contributed by atoms with E-state index in [2.05, 4.69) is 34.5 Å². The van der Waals surface area contributed by atoms with Gasteiger partial charge in [-0.15, -0.1) is 11.3 Å². The fraction of sp³-hybridized carbons (Fsp3) is 0.500. The molecule has 3 nitrogen and oxygen atoms in total. The molecule has 0 N–H and O–H groups in total. The molecule has 0 unspecified atom stereocenters. The maximum absolute atomic E-state index is 5.86. The van der Waals surface area contributed by atoms with Crippen molar-refractivity contribution in [3.8, 4) is 0 Å². The van der Waals surface area contributed by atoms with E-state index in [1.807, 2.05) is 11.3 Å². The van der Waals surface area contributed by atoms with E-state index in [0.29, 0.717) is 0 Å². The van der Waals surface area contributed by atoms with E-state index in [1.54, 1.807) is 0 Å². The van der Waals surface area contributed by atoms with Crippen LogP contribution in [-0.4, -0.2) is 37.0 Å². The Morgan fingerprint density at radius 2 is 2.05 bits per heavy atom. The first-order valence-corrected chi connectivity index (χ1v) is 8.18. The van der Waals surface area contributed by atoms with Crippen molar-refractivity contribution in [2.75, 3.05) is 26.3 Å². The van der Waals surface area contributed by atoms with Crippen LogP contribution in [0.3, 0.4) is 0 Å². The number of likely N-dealkylation sites (tertiary alicyclic amines) is 1. The van der Waals surface area contributed by atoms with Gasteiger partial charge in [0, 0.05) is 17.7 Å². The highest BCUT2D eigenvalue weighted by atomic mass is 32.1. The highest BCUT2D eigenvalue weighted by molar-refractivity contribution is 7.17. The summed E-state index contributed by atoms with van der Waals surface area (Å²) in [6.07, 6.45) is 2.19. The predicted octanol–water partition coefficient (Wildman–Crippen LogP) is 3.24. The van der Waals surface area contributed by atoms with Gasteiger partial charge in [0.25, 0.3) is 0 Å². The fourth-order valence-corrected chi connectivity index (χ4v) is 4.29. The Kier molecular flexibility index (Phi) is 3.27. The van der Waals surface area contributed by atoms with Crippen LogP contribution >= 0.6 is 11.3 Å². The second-order valence-corrected chi connectivity index (χ2v) is 6.59. The SMILES string of the molecule is c1ccc2c(CN3CCCC4(C3)OCCO4)csc2c1. The monoisotopic (exact) mass is 289 g/mol. The van der Waals surface area contributed by atoms with Crippen LogP contribution in [0, 0.1) is 0 Å². The van der Waals surface area contributed by atoms with E-state index in [1.165, 1.54) is 15.6 Å². The molecule has 2 fully saturated rings. The molecule has 2 saturated heterocycles. The summed E-state index contributed by atoms with van der Waals surface area (Å²) in [6, 6.07) is 8.66. The van der Waals surface area contributed by atoms with Crippen LogP contribution in [0.15, 0.2) is 29.6 Å². The topological polar surface area (TPSA) is 21.7 Å². The molecule has 4 heteroatoms. The molecule has 0 radical (unpaired) electrons. The Morgan fingerprint density at radius 3 is 2.95 bits per heavy atom. The molecule has 1 spiro atoms. The molecule has 0 amide bonds. The van der Waals surface area contributed by atoms with Crippen LogP contribution in [0.2, 0.25) is 0 Å². The molecule has 3 heterocycles. The molecule has 1 aromatic carbocycles. The molecule has 1 aromatic heterocycles. The number of rotatable bonds is 2. The number of ether oxygens (including phenoxy) is 2. The zero-order chi connectivity index (χ0) is 13.4. The molecular formula is C16H19NO2S. The second kappa shape index (κ2) is 5.11. The zero-order valence-corrected chi connectivity index (χ0v) is 12.3. The number of fused-ring (bicyclic) bond motifs is 1. The van der Waals surface area contributed by atoms with E-state index in [4.69, 9.17) is 9.47 Å². The molecule has 106 valence electrons. The molecular weight excluding hydrogens is 270 g/mol. The van der Waals surface area contributed by atoms with Gasteiger partial charge in [-0.25, -0.2) is 0 Å². The zero-order valence-electron chi connectivity index (χ0n) is 11.5. The van der Waals surface area contributed by atoms with Gasteiger partial charge < -0.3 is 9.47 Å². The minimum Gasteiger partial charge on any atom is -0.346 e. The number of benzene rings is 1. The lowest BCUT2D eigenvalue weighted by Gasteiger charge is -2.38. The normalized spacial score (nSPS) is 22.8. The predicted molar refractivity (Wildman–Crippen MR) is 81.0 cm³/mol. The van der Waals surface area contributed by atoms with E-state index < -0.39 is 0 Å². The molecule has 0 aliphatic carbocycles. The lowest BCUT2D eigenvalue weighted by molar-refractivity contribution is -0.190. The van der Waals surface area contributed by atoms with Gasteiger partial charge in [-0.1, -0.05) is 18.2 Å². The average molecular weight is 289 g/mol. The van der Waals surface area contributed by atoms with Crippen LogP contribution in [0.1, 0.15) is 18.4 Å². The Morgan fingerprint density at radius 1 is 1.20 bits per heavy atom. The maximum Gasteiger partial charge on any atom is 0.181 e. The summed E-state index contributed by atoms with van der Waals surface area (Å²) < 4.78 is 13.1. The molecule has 2 aromatic rings. The van der Waals surface area contributed by atoms with E-state index in [-0.39, 0.29) is 5.79 Å². The number of hydrogen-bond donors (Lipinski definition) is 0. The largest absolute Gasteiger partial charge is 0.346 e. The van der Waals surface area contributed by atoms with Crippen molar-refractivity contribution in [1.29, 1.82) is 0 Å². The van der Waals surface area contributed by atoms with Crippen molar-refractivity contribution in [3.63, 3.8) is 0 Å². The first-order valence-electron chi connectivity index (χ1n) is 7.30. The van der Waals surface area contributed by atoms with Gasteiger partial charge >= 0.3 is 0 Å². The summed E-state index contributed by atoms with van der Waals surface area (Å²) in [7, 11) is 0. The summed E-state index contributed by atoms with van der Waals surface area (Å²) in [4.78, 5) is 2.48. The van der Waals surface area contributed by atoms with Crippen molar-refractivity contribution >= 4 is 21.4 Å². The minimum atomic E-state index is -0.315. The molecule has 2 aliphatic heterocycles. The third-order valence-electron chi connectivity index (χ3n) is 4.27. The third-order valence-corrected chi connectivity index (χ3v) is 5.28. The van der Waals surface area contributed by atoms with Crippen LogP contribution in [0.5, 0.6) is 0 Å². The quantitative estimate of drug-likeness (QED) is 0.847. The average Bonchev–Trinajstić information content (AvgIpc) is 3.08. The van der Waals surface area contributed by atoms with Gasteiger partial charge in [0.15, 0.2) is 5.79 Å². The van der Waals surface area contributed by atoms with E-state index in [9.17, 15) is 0 Å². The Hall–Kier alpha value is -0.940. The van der Waals surface area contributed by atoms with Crippen molar-refractivity contribution < 1.29 is 9.47 Å². The Balaban J connectivity index is 1.53. The van der Waals surface area contributed by atoms with Gasteiger partial charge in [0.05, 0.1) is 19.8 Å². The smallest absolute Gasteiger partial charge is 0.181 e. The van der Waals surface area contributed by atoms with Crippen LogP contribution in [-0.2, 0) is 16.0 Å². The van der Waals surface area contributed by atoms with Crippen LogP contribution in [0.4, 0.5) is 0 Å². The molecule has 0 atom stereocenters. The number of hydrogen-bond acceptors (Lipinski definition) is 4. The maximum atomic E-state index is 5.86. The summed E-state index contributed by atoms with van der Waals surface area (Å²) in [5.41, 5.74) is 1.43. The van der Waals surface area contributed by atoms with Gasteiger partial charge in [-0.3, -0.25) is 4.90 Å². The van der Waals surface area contributed by atoms with Gasteiger partial charge in [0.2, 0.25) is 0 Å². The lowest BCUT2D eigenvalue weighted by Crippen LogP contribution is -2.48. The number of nitrogens with zero attached hydrogens (tertiary/aromatic N) is 1. The number of thiophene rings is 1. The first-order chi connectivity index (χ1) is 9.85. The highest BCUT2D eigenvalue weighted by Crippen LogP contribution is 2.32. The fourth-order valence-electron chi connectivity index (χ4n) is 3.33. The van der Waals surface area contributed by atoms with E-state index in [0.717, 1.165) is 45.7 Å². The van der Waals surface area contributed by atoms with E-state index >= 15 is 0 Å². The molecule has 2 aliphatic rings. The highest BCUT2D eigenvalue weighted by Gasteiger charge is 2.40. The molecule has 20 heavy (non-hydrogen) atoms. The van der Waals surface area contributed by atoms with Gasteiger partial charge in [-0.2, -0.15) is 0 Å². The van der Waals surface area contributed by atoms with Crippen molar-refractivity contribution in [3.05, 3.63) is 35.2 Å². The van der Waals surface area contributed by atoms with Gasteiger partial charge in [0.1, 0.15) is 0 Å². The van der Waals surface area contributed by atoms with Crippen molar-refractivity contribution in [2.45, 2.75) is 25.2 Å². The number of piperidine rings is 1. The third kappa shape index (κ3) is 2.27. The Labute approximate surface area is 123 Å². The molecule has 0 saturated carbocycles. The Bertz CT molecular complexity index is 603.